The average molecular weight is 349 g/mol. The minimum absolute atomic E-state index is 0.464. The van der Waals surface area contributed by atoms with Crippen molar-refractivity contribution in [2.75, 3.05) is 25.5 Å². The van der Waals surface area contributed by atoms with Crippen LogP contribution >= 0.6 is 11.8 Å². The van der Waals surface area contributed by atoms with E-state index in [1.807, 2.05) is 32.2 Å². The van der Waals surface area contributed by atoms with Gasteiger partial charge in [-0.3, -0.25) is 0 Å². The third-order valence-electron chi connectivity index (χ3n) is 3.09. The summed E-state index contributed by atoms with van der Waals surface area (Å²) in [7, 11) is 1.83. The molecule has 0 spiro atoms. The summed E-state index contributed by atoms with van der Waals surface area (Å²) in [6.45, 7) is 8.30. The Kier molecular flexibility index (Phi) is 7.57. The molecule has 2 rings (SSSR count). The first kappa shape index (κ1) is 18.3. The standard InChI is InChI=1S/C16H23N5O2S/c1-4-9-23-14-7-6-13(11-15(14)22-5-2)12-17-8-10-24-16-18-19-20-21(16)3/h4,6-7,11,17H,1,5,8-10,12H2,2-3H3. The van der Waals surface area contributed by atoms with E-state index in [1.54, 1.807) is 22.5 Å². The summed E-state index contributed by atoms with van der Waals surface area (Å²) in [6.07, 6.45) is 1.72. The van der Waals surface area contributed by atoms with Crippen molar-refractivity contribution in [1.82, 2.24) is 25.5 Å². The normalized spacial score (nSPS) is 10.6. The van der Waals surface area contributed by atoms with Crippen LogP contribution in [0.25, 0.3) is 0 Å². The maximum Gasteiger partial charge on any atom is 0.209 e. The number of aryl methyl sites for hydroxylation is 1. The number of thioether (sulfide) groups is 1. The van der Waals surface area contributed by atoms with Crippen LogP contribution in [0.5, 0.6) is 11.5 Å². The topological polar surface area (TPSA) is 74.1 Å². The number of nitrogens with zero attached hydrogens (tertiary/aromatic N) is 4. The Morgan fingerprint density at radius 1 is 1.33 bits per heavy atom. The zero-order valence-electron chi connectivity index (χ0n) is 14.1. The van der Waals surface area contributed by atoms with Crippen molar-refractivity contribution >= 4 is 11.8 Å². The third kappa shape index (κ3) is 5.54. The van der Waals surface area contributed by atoms with E-state index in [0.29, 0.717) is 13.2 Å². The summed E-state index contributed by atoms with van der Waals surface area (Å²) in [5.41, 5.74) is 1.15. The number of aromatic nitrogens is 4. The van der Waals surface area contributed by atoms with Gasteiger partial charge in [0, 0.05) is 25.9 Å². The lowest BCUT2D eigenvalue weighted by Gasteiger charge is -2.13. The number of hydrogen-bond donors (Lipinski definition) is 1. The van der Waals surface area contributed by atoms with E-state index in [2.05, 4.69) is 27.4 Å². The molecule has 0 unspecified atom stereocenters. The fourth-order valence-corrected chi connectivity index (χ4v) is 2.74. The van der Waals surface area contributed by atoms with Crippen LogP contribution in [0.2, 0.25) is 0 Å². The van der Waals surface area contributed by atoms with Gasteiger partial charge >= 0.3 is 0 Å². The molecule has 0 bridgehead atoms. The van der Waals surface area contributed by atoms with Gasteiger partial charge in [-0.1, -0.05) is 30.5 Å². The highest BCUT2D eigenvalue weighted by atomic mass is 32.2. The van der Waals surface area contributed by atoms with Gasteiger partial charge in [0.2, 0.25) is 5.16 Å². The molecule has 0 saturated carbocycles. The molecule has 1 N–H and O–H groups in total. The molecule has 1 heterocycles. The fraction of sp³-hybridized carbons (Fsp3) is 0.438. The Morgan fingerprint density at radius 2 is 2.21 bits per heavy atom. The summed E-state index contributed by atoms with van der Waals surface area (Å²) >= 11 is 1.62. The van der Waals surface area contributed by atoms with Gasteiger partial charge in [-0.25, -0.2) is 4.68 Å². The van der Waals surface area contributed by atoms with E-state index in [9.17, 15) is 0 Å². The molecule has 8 heteroatoms. The van der Waals surface area contributed by atoms with Gasteiger partial charge in [0.25, 0.3) is 0 Å². The van der Waals surface area contributed by atoms with Gasteiger partial charge < -0.3 is 14.8 Å². The lowest BCUT2D eigenvalue weighted by Crippen LogP contribution is -2.17. The molecule has 0 atom stereocenters. The minimum atomic E-state index is 0.464. The molecule has 2 aromatic rings. The molecule has 7 nitrogen and oxygen atoms in total. The lowest BCUT2D eigenvalue weighted by atomic mass is 10.2. The molecule has 1 aromatic heterocycles. The molecule has 24 heavy (non-hydrogen) atoms. The van der Waals surface area contributed by atoms with Gasteiger partial charge in [-0.15, -0.1) is 5.10 Å². The molecule has 0 radical (unpaired) electrons. The molecule has 0 fully saturated rings. The van der Waals surface area contributed by atoms with E-state index >= 15 is 0 Å². The van der Waals surface area contributed by atoms with Crippen LogP contribution in [-0.2, 0) is 13.6 Å². The zero-order chi connectivity index (χ0) is 17.2. The highest BCUT2D eigenvalue weighted by Crippen LogP contribution is 2.28. The second kappa shape index (κ2) is 9.94. The summed E-state index contributed by atoms with van der Waals surface area (Å²) in [5, 5.41) is 15.6. The van der Waals surface area contributed by atoms with E-state index in [1.165, 1.54) is 0 Å². The van der Waals surface area contributed by atoms with Crippen LogP contribution in [0.1, 0.15) is 12.5 Å². The Balaban J connectivity index is 1.80. The maximum absolute atomic E-state index is 5.65. The minimum Gasteiger partial charge on any atom is -0.490 e. The predicted molar refractivity (Wildman–Crippen MR) is 94.5 cm³/mol. The third-order valence-corrected chi connectivity index (χ3v) is 4.10. The molecule has 0 aliphatic carbocycles. The van der Waals surface area contributed by atoms with Crippen molar-refractivity contribution < 1.29 is 9.47 Å². The number of hydrogen-bond acceptors (Lipinski definition) is 7. The van der Waals surface area contributed by atoms with E-state index in [4.69, 9.17) is 9.47 Å². The van der Waals surface area contributed by atoms with E-state index < -0.39 is 0 Å². The summed E-state index contributed by atoms with van der Waals surface area (Å²) in [4.78, 5) is 0. The first-order valence-electron chi connectivity index (χ1n) is 7.80. The summed E-state index contributed by atoms with van der Waals surface area (Å²) in [5.74, 6) is 2.40. The molecule has 0 aliphatic heterocycles. The van der Waals surface area contributed by atoms with Crippen LogP contribution in [-0.4, -0.2) is 45.7 Å². The van der Waals surface area contributed by atoms with Crippen LogP contribution < -0.4 is 14.8 Å². The van der Waals surface area contributed by atoms with Gasteiger partial charge in [0.1, 0.15) is 6.61 Å². The number of rotatable bonds is 11. The molecular formula is C16H23N5O2S. The fourth-order valence-electron chi connectivity index (χ4n) is 1.99. The monoisotopic (exact) mass is 349 g/mol. The largest absolute Gasteiger partial charge is 0.490 e. The lowest BCUT2D eigenvalue weighted by molar-refractivity contribution is 0.296. The molecule has 0 aliphatic rings. The number of nitrogens with one attached hydrogen (secondary N) is 1. The van der Waals surface area contributed by atoms with Crippen molar-refractivity contribution in [3.8, 4) is 11.5 Å². The van der Waals surface area contributed by atoms with Crippen molar-refractivity contribution in [3.63, 3.8) is 0 Å². The maximum atomic E-state index is 5.65. The van der Waals surface area contributed by atoms with Gasteiger partial charge in [-0.2, -0.15) is 0 Å². The van der Waals surface area contributed by atoms with Crippen molar-refractivity contribution in [1.29, 1.82) is 0 Å². The second-order valence-corrected chi connectivity index (χ2v) is 5.99. The smallest absolute Gasteiger partial charge is 0.209 e. The van der Waals surface area contributed by atoms with Crippen LogP contribution in [0.3, 0.4) is 0 Å². The quantitative estimate of drug-likeness (QED) is 0.378. The molecule has 0 saturated heterocycles. The van der Waals surface area contributed by atoms with Crippen molar-refractivity contribution in [2.45, 2.75) is 18.6 Å². The first-order chi connectivity index (χ1) is 11.7. The second-order valence-electron chi connectivity index (χ2n) is 4.92. The summed E-state index contributed by atoms with van der Waals surface area (Å²) in [6, 6.07) is 5.98. The van der Waals surface area contributed by atoms with Crippen LogP contribution in [0.4, 0.5) is 0 Å². The Morgan fingerprint density at radius 3 is 2.92 bits per heavy atom. The Hall–Kier alpha value is -2.06. The molecule has 130 valence electrons. The van der Waals surface area contributed by atoms with Gasteiger partial charge in [-0.05, 0) is 35.0 Å². The Labute approximate surface area is 146 Å². The molecule has 1 aromatic carbocycles. The van der Waals surface area contributed by atoms with Crippen LogP contribution in [0, 0.1) is 0 Å². The van der Waals surface area contributed by atoms with Crippen molar-refractivity contribution in [2.24, 2.45) is 7.05 Å². The van der Waals surface area contributed by atoms with Crippen LogP contribution in [0.15, 0.2) is 36.0 Å². The molecule has 0 amide bonds. The average Bonchev–Trinajstić information content (AvgIpc) is 2.99. The predicted octanol–water partition coefficient (Wildman–Crippen LogP) is 2.06. The van der Waals surface area contributed by atoms with E-state index in [0.717, 1.165) is 41.1 Å². The molecular weight excluding hydrogens is 326 g/mol. The first-order valence-corrected chi connectivity index (χ1v) is 8.78. The zero-order valence-corrected chi connectivity index (χ0v) is 14.9. The van der Waals surface area contributed by atoms with Gasteiger partial charge in [0.05, 0.1) is 6.61 Å². The summed E-state index contributed by atoms with van der Waals surface area (Å²) < 4.78 is 12.9. The SMILES string of the molecule is C=CCOc1ccc(CNCCSc2nnnn2C)cc1OCC. The van der Waals surface area contributed by atoms with E-state index in [-0.39, 0.29) is 0 Å². The number of tetrazole rings is 1. The Bertz CT molecular complexity index is 647. The number of ether oxygens (including phenoxy) is 2. The van der Waals surface area contributed by atoms with Crippen molar-refractivity contribution in [3.05, 3.63) is 36.4 Å². The number of benzene rings is 1. The van der Waals surface area contributed by atoms with Gasteiger partial charge in [0.15, 0.2) is 11.5 Å². The highest BCUT2D eigenvalue weighted by Gasteiger charge is 2.06. The highest BCUT2D eigenvalue weighted by molar-refractivity contribution is 7.99.